The highest BCUT2D eigenvalue weighted by atomic mass is 19.1. The van der Waals surface area contributed by atoms with Crippen molar-refractivity contribution < 1.29 is 8.91 Å². The molecular weight excluding hydrogens is 209 g/mol. The molecule has 0 saturated heterocycles. The van der Waals surface area contributed by atoms with Gasteiger partial charge in [0.1, 0.15) is 5.82 Å². The van der Waals surface area contributed by atoms with Crippen molar-refractivity contribution in [2.75, 3.05) is 0 Å². The number of aromatic nitrogens is 2. The van der Waals surface area contributed by atoms with Gasteiger partial charge in [0.05, 0.1) is 6.04 Å². The lowest BCUT2D eigenvalue weighted by Crippen LogP contribution is -2.06. The highest BCUT2D eigenvalue weighted by Crippen LogP contribution is 2.21. The first-order valence-corrected chi connectivity index (χ1v) is 4.93. The second kappa shape index (κ2) is 4.02. The summed E-state index contributed by atoms with van der Waals surface area (Å²) in [4.78, 5) is 4.09. The van der Waals surface area contributed by atoms with Crippen molar-refractivity contribution in [2.45, 2.75) is 19.9 Å². The van der Waals surface area contributed by atoms with Crippen LogP contribution in [0, 0.1) is 12.7 Å². The zero-order valence-electron chi connectivity index (χ0n) is 9.07. The summed E-state index contributed by atoms with van der Waals surface area (Å²) in [6.45, 7) is 3.56. The van der Waals surface area contributed by atoms with Gasteiger partial charge in [-0.05, 0) is 37.6 Å². The molecular formula is C11H12FN3O. The quantitative estimate of drug-likeness (QED) is 0.844. The molecule has 84 valence electrons. The second-order valence-electron chi connectivity index (χ2n) is 3.76. The van der Waals surface area contributed by atoms with Gasteiger partial charge >= 0.3 is 0 Å². The van der Waals surface area contributed by atoms with Crippen LogP contribution < -0.4 is 5.73 Å². The van der Waals surface area contributed by atoms with Crippen molar-refractivity contribution in [2.24, 2.45) is 5.73 Å². The first kappa shape index (κ1) is 10.8. The highest BCUT2D eigenvalue weighted by Gasteiger charge is 2.12. The third-order valence-electron chi connectivity index (χ3n) is 2.14. The van der Waals surface area contributed by atoms with Gasteiger partial charge < -0.3 is 10.3 Å². The maximum atomic E-state index is 13.2. The number of aryl methyl sites for hydroxylation is 1. The minimum Gasteiger partial charge on any atom is -0.334 e. The van der Waals surface area contributed by atoms with Gasteiger partial charge in [-0.25, -0.2) is 4.39 Å². The van der Waals surface area contributed by atoms with Crippen LogP contribution in [0.3, 0.4) is 0 Å². The lowest BCUT2D eigenvalue weighted by molar-refractivity contribution is 0.418. The number of halogens is 1. The number of benzene rings is 1. The summed E-state index contributed by atoms with van der Waals surface area (Å²) in [5.74, 6) is 0.377. The van der Waals surface area contributed by atoms with E-state index < -0.39 is 0 Å². The Morgan fingerprint density at radius 2 is 2.12 bits per heavy atom. The Morgan fingerprint density at radius 1 is 1.38 bits per heavy atom. The van der Waals surface area contributed by atoms with Gasteiger partial charge in [-0.2, -0.15) is 4.98 Å². The number of hydrogen-bond donors (Lipinski definition) is 1. The fourth-order valence-electron chi connectivity index (χ4n) is 1.40. The van der Waals surface area contributed by atoms with Gasteiger partial charge in [0.2, 0.25) is 0 Å². The van der Waals surface area contributed by atoms with Crippen molar-refractivity contribution in [1.29, 1.82) is 0 Å². The zero-order valence-corrected chi connectivity index (χ0v) is 9.07. The van der Waals surface area contributed by atoms with Crippen LogP contribution in [-0.2, 0) is 0 Å². The Balaban J connectivity index is 2.42. The number of rotatable bonds is 2. The molecule has 2 aromatic rings. The normalized spacial score (nSPS) is 12.8. The van der Waals surface area contributed by atoms with Gasteiger partial charge in [-0.3, -0.25) is 0 Å². The Labute approximate surface area is 92.3 Å². The monoisotopic (exact) mass is 221 g/mol. The Hall–Kier alpha value is -1.75. The largest absolute Gasteiger partial charge is 0.334 e. The lowest BCUT2D eigenvalue weighted by atomic mass is 10.1. The predicted molar refractivity (Wildman–Crippen MR) is 57.0 cm³/mol. The zero-order chi connectivity index (χ0) is 11.7. The molecule has 0 bridgehead atoms. The molecule has 5 heteroatoms. The van der Waals surface area contributed by atoms with Crippen molar-refractivity contribution >= 4 is 0 Å². The highest BCUT2D eigenvalue weighted by molar-refractivity contribution is 5.54. The van der Waals surface area contributed by atoms with Gasteiger partial charge in [0, 0.05) is 5.56 Å². The minimum absolute atomic E-state index is 0.287. The van der Waals surface area contributed by atoms with E-state index >= 15 is 0 Å². The molecule has 0 spiro atoms. The van der Waals surface area contributed by atoms with E-state index in [9.17, 15) is 4.39 Å². The van der Waals surface area contributed by atoms with Gasteiger partial charge in [-0.15, -0.1) is 0 Å². The number of nitrogens with zero attached hydrogens (tertiary/aromatic N) is 2. The third kappa shape index (κ3) is 2.09. The number of hydrogen-bond acceptors (Lipinski definition) is 4. The molecule has 1 atom stereocenters. The molecule has 1 unspecified atom stereocenters. The van der Waals surface area contributed by atoms with Gasteiger partial charge in [0.25, 0.3) is 5.89 Å². The summed E-state index contributed by atoms with van der Waals surface area (Å²) in [5.41, 5.74) is 6.97. The summed E-state index contributed by atoms with van der Waals surface area (Å²) >= 11 is 0. The van der Waals surface area contributed by atoms with Crippen molar-refractivity contribution in [3.05, 3.63) is 35.4 Å². The van der Waals surface area contributed by atoms with Crippen LogP contribution in [-0.4, -0.2) is 10.1 Å². The second-order valence-corrected chi connectivity index (χ2v) is 3.76. The van der Waals surface area contributed by atoms with E-state index in [1.165, 1.54) is 12.1 Å². The molecule has 1 aromatic heterocycles. The van der Waals surface area contributed by atoms with Crippen LogP contribution in [0.4, 0.5) is 4.39 Å². The molecule has 1 aromatic carbocycles. The Morgan fingerprint density at radius 3 is 2.69 bits per heavy atom. The van der Waals surface area contributed by atoms with Crippen molar-refractivity contribution in [3.63, 3.8) is 0 Å². The van der Waals surface area contributed by atoms with Crippen molar-refractivity contribution in [3.8, 4) is 11.5 Å². The maximum Gasteiger partial charge on any atom is 0.258 e. The smallest absolute Gasteiger partial charge is 0.258 e. The fraction of sp³-hybridized carbons (Fsp3) is 0.273. The van der Waals surface area contributed by atoms with Crippen LogP contribution in [0.1, 0.15) is 24.4 Å². The van der Waals surface area contributed by atoms with E-state index in [0.29, 0.717) is 11.4 Å². The first-order valence-electron chi connectivity index (χ1n) is 4.93. The van der Waals surface area contributed by atoms with E-state index in [0.717, 1.165) is 5.56 Å². The van der Waals surface area contributed by atoms with Crippen LogP contribution in [0.2, 0.25) is 0 Å². The summed E-state index contributed by atoms with van der Waals surface area (Å²) < 4.78 is 18.2. The molecule has 2 rings (SSSR count). The average Bonchev–Trinajstić information content (AvgIpc) is 2.64. The molecule has 0 aliphatic carbocycles. The molecule has 16 heavy (non-hydrogen) atoms. The molecule has 0 amide bonds. The van der Waals surface area contributed by atoms with Crippen LogP contribution in [0.15, 0.2) is 22.7 Å². The molecule has 0 aliphatic rings. The molecule has 4 nitrogen and oxygen atoms in total. The Kier molecular flexibility index (Phi) is 2.70. The minimum atomic E-state index is -0.324. The van der Waals surface area contributed by atoms with E-state index in [1.54, 1.807) is 19.9 Å². The molecule has 0 saturated carbocycles. The van der Waals surface area contributed by atoms with E-state index in [-0.39, 0.29) is 17.7 Å². The van der Waals surface area contributed by atoms with Gasteiger partial charge in [-0.1, -0.05) is 5.16 Å². The summed E-state index contributed by atoms with van der Waals surface area (Å²) in [6, 6.07) is 4.27. The van der Waals surface area contributed by atoms with E-state index in [2.05, 4.69) is 10.1 Å². The molecule has 0 fully saturated rings. The SMILES string of the molecule is Cc1cc(F)cc(-c2nc(C(C)N)no2)c1. The topological polar surface area (TPSA) is 64.9 Å². The summed E-state index contributed by atoms with van der Waals surface area (Å²) in [7, 11) is 0. The third-order valence-corrected chi connectivity index (χ3v) is 2.14. The van der Waals surface area contributed by atoms with E-state index in [4.69, 9.17) is 10.3 Å². The number of nitrogens with two attached hydrogens (primary N) is 1. The van der Waals surface area contributed by atoms with Crippen molar-refractivity contribution in [1.82, 2.24) is 10.1 Å². The molecule has 0 aliphatic heterocycles. The van der Waals surface area contributed by atoms with Gasteiger partial charge in [0.15, 0.2) is 5.82 Å². The average molecular weight is 221 g/mol. The predicted octanol–water partition coefficient (Wildman–Crippen LogP) is 2.20. The van der Waals surface area contributed by atoms with Crippen LogP contribution >= 0.6 is 0 Å². The molecule has 2 N–H and O–H groups in total. The molecule has 1 heterocycles. The van der Waals surface area contributed by atoms with Crippen LogP contribution in [0.5, 0.6) is 0 Å². The Bertz CT molecular complexity index is 487. The lowest BCUT2D eigenvalue weighted by Gasteiger charge is -1.97. The standard InChI is InChI=1S/C11H12FN3O/c1-6-3-8(5-9(12)4-6)11-14-10(7(2)13)15-16-11/h3-5,7H,13H2,1-2H3. The fourth-order valence-corrected chi connectivity index (χ4v) is 1.40. The summed E-state index contributed by atoms with van der Waals surface area (Å²) in [5, 5.41) is 3.72. The maximum absolute atomic E-state index is 13.2. The van der Waals surface area contributed by atoms with E-state index in [1.807, 2.05) is 0 Å². The van der Waals surface area contributed by atoms with Crippen LogP contribution in [0.25, 0.3) is 11.5 Å². The summed E-state index contributed by atoms with van der Waals surface area (Å²) in [6.07, 6.45) is 0. The first-order chi connectivity index (χ1) is 7.56. The molecule has 0 radical (unpaired) electrons.